The summed E-state index contributed by atoms with van der Waals surface area (Å²) in [5.41, 5.74) is 0. The van der Waals surface area contributed by atoms with Gasteiger partial charge in [0, 0.05) is 5.75 Å². The second-order valence-electron chi connectivity index (χ2n) is 2.29. The molecule has 3 nitrogen and oxygen atoms in total. The number of Topliss-reactive ketones (excluding diaryl/α,β-unsaturated/α-hetero) is 1. The summed E-state index contributed by atoms with van der Waals surface area (Å²) < 4.78 is 4.72. The Balaban J connectivity index is 2.46. The van der Waals surface area contributed by atoms with Crippen molar-refractivity contribution in [3.63, 3.8) is 0 Å². The van der Waals surface area contributed by atoms with Crippen LogP contribution in [0.3, 0.4) is 0 Å². The van der Waals surface area contributed by atoms with E-state index >= 15 is 0 Å². The van der Waals surface area contributed by atoms with E-state index in [9.17, 15) is 9.59 Å². The Labute approximate surface area is 69.5 Å². The van der Waals surface area contributed by atoms with Crippen LogP contribution in [-0.4, -0.2) is 29.9 Å². The first kappa shape index (κ1) is 8.59. The fourth-order valence-electron chi connectivity index (χ4n) is 0.913. The highest BCUT2D eigenvalue weighted by molar-refractivity contribution is 8.00. The van der Waals surface area contributed by atoms with Crippen LogP contribution in [0.5, 0.6) is 0 Å². The van der Waals surface area contributed by atoms with Gasteiger partial charge in [-0.05, 0) is 6.92 Å². The van der Waals surface area contributed by atoms with Gasteiger partial charge in [0.2, 0.25) is 0 Å². The molecule has 0 saturated carbocycles. The van der Waals surface area contributed by atoms with Crippen molar-refractivity contribution in [1.29, 1.82) is 0 Å². The van der Waals surface area contributed by atoms with Gasteiger partial charge in [-0.2, -0.15) is 11.8 Å². The molecule has 62 valence electrons. The van der Waals surface area contributed by atoms with Crippen LogP contribution in [0.25, 0.3) is 0 Å². The quantitative estimate of drug-likeness (QED) is 0.451. The van der Waals surface area contributed by atoms with E-state index < -0.39 is 5.92 Å². The molecular weight excluding hydrogens is 164 g/mol. The lowest BCUT2D eigenvalue weighted by molar-refractivity contribution is -0.149. The minimum absolute atomic E-state index is 0.00782. The van der Waals surface area contributed by atoms with Gasteiger partial charge in [-0.1, -0.05) is 0 Å². The number of hydrogen-bond acceptors (Lipinski definition) is 4. The van der Waals surface area contributed by atoms with E-state index in [1.54, 1.807) is 6.92 Å². The van der Waals surface area contributed by atoms with Gasteiger partial charge in [0.1, 0.15) is 5.92 Å². The summed E-state index contributed by atoms with van der Waals surface area (Å²) in [6, 6.07) is 0. The molecule has 4 heteroatoms. The molecule has 1 fully saturated rings. The van der Waals surface area contributed by atoms with E-state index in [0.717, 1.165) is 0 Å². The summed E-state index contributed by atoms with van der Waals surface area (Å²) in [5.74, 6) is 0.220. The Morgan fingerprint density at radius 2 is 2.55 bits per heavy atom. The number of thioether (sulfide) groups is 1. The minimum Gasteiger partial charge on any atom is -0.465 e. The average Bonchev–Trinajstić information content (AvgIpc) is 2.36. The zero-order valence-corrected chi connectivity index (χ0v) is 7.15. The van der Waals surface area contributed by atoms with Crippen molar-refractivity contribution in [3.05, 3.63) is 0 Å². The van der Waals surface area contributed by atoms with E-state index in [-0.39, 0.29) is 11.8 Å². The maximum Gasteiger partial charge on any atom is 0.317 e. The number of carbonyl (C=O) groups excluding carboxylic acids is 2. The number of ketones is 1. The monoisotopic (exact) mass is 174 g/mol. The first-order valence-corrected chi connectivity index (χ1v) is 4.68. The van der Waals surface area contributed by atoms with Gasteiger partial charge < -0.3 is 4.74 Å². The van der Waals surface area contributed by atoms with Crippen LogP contribution in [-0.2, 0) is 14.3 Å². The second-order valence-corrected chi connectivity index (χ2v) is 3.32. The Hall–Kier alpha value is -0.510. The Kier molecular flexibility index (Phi) is 2.93. The van der Waals surface area contributed by atoms with Gasteiger partial charge in [0.05, 0.1) is 12.4 Å². The maximum atomic E-state index is 11.0. The highest BCUT2D eigenvalue weighted by Gasteiger charge is 2.32. The predicted molar refractivity (Wildman–Crippen MR) is 42.5 cm³/mol. The third-order valence-corrected chi connectivity index (χ3v) is 2.55. The Morgan fingerprint density at radius 1 is 1.82 bits per heavy atom. The molecule has 0 radical (unpaired) electrons. The fourth-order valence-corrected chi connectivity index (χ4v) is 1.99. The van der Waals surface area contributed by atoms with Crippen LogP contribution in [0.15, 0.2) is 0 Å². The number of carbonyl (C=O) groups is 2. The van der Waals surface area contributed by atoms with Crippen LogP contribution in [0.2, 0.25) is 0 Å². The van der Waals surface area contributed by atoms with Crippen LogP contribution in [0, 0.1) is 5.92 Å². The molecule has 11 heavy (non-hydrogen) atoms. The number of hydrogen-bond donors (Lipinski definition) is 0. The maximum absolute atomic E-state index is 11.0. The third-order valence-electron chi connectivity index (χ3n) is 1.49. The molecule has 1 heterocycles. The summed E-state index contributed by atoms with van der Waals surface area (Å²) in [6.07, 6.45) is 0. The third kappa shape index (κ3) is 1.96. The van der Waals surface area contributed by atoms with Gasteiger partial charge >= 0.3 is 5.97 Å². The van der Waals surface area contributed by atoms with E-state index in [1.165, 1.54) is 11.8 Å². The van der Waals surface area contributed by atoms with Gasteiger partial charge in [-0.15, -0.1) is 0 Å². The van der Waals surface area contributed by atoms with Crippen LogP contribution < -0.4 is 0 Å². The number of ether oxygens (including phenoxy) is 1. The number of esters is 1. The molecule has 0 amide bonds. The summed E-state index contributed by atoms with van der Waals surface area (Å²) in [6.45, 7) is 2.09. The molecule has 0 unspecified atom stereocenters. The van der Waals surface area contributed by atoms with Gasteiger partial charge in [0.15, 0.2) is 5.78 Å². The van der Waals surface area contributed by atoms with Gasteiger partial charge in [-0.3, -0.25) is 9.59 Å². The molecule has 0 aliphatic carbocycles. The molecule has 1 aliphatic rings. The van der Waals surface area contributed by atoms with Crippen molar-refractivity contribution < 1.29 is 14.3 Å². The van der Waals surface area contributed by atoms with E-state index in [4.69, 9.17) is 4.74 Å². The zero-order chi connectivity index (χ0) is 8.27. The lowest BCUT2D eigenvalue weighted by Crippen LogP contribution is -2.24. The van der Waals surface area contributed by atoms with Crippen molar-refractivity contribution in [3.8, 4) is 0 Å². The molecule has 0 aromatic rings. The molecule has 1 saturated heterocycles. The summed E-state index contributed by atoms with van der Waals surface area (Å²) >= 11 is 1.49. The normalized spacial score (nSPS) is 23.7. The largest absolute Gasteiger partial charge is 0.465 e. The van der Waals surface area contributed by atoms with Crippen LogP contribution >= 0.6 is 11.8 Å². The van der Waals surface area contributed by atoms with Crippen molar-refractivity contribution in [2.45, 2.75) is 6.92 Å². The highest BCUT2D eigenvalue weighted by Crippen LogP contribution is 2.21. The predicted octanol–water partition coefficient (Wildman–Crippen LogP) is 0.482. The van der Waals surface area contributed by atoms with Crippen molar-refractivity contribution in [2.24, 2.45) is 5.92 Å². The smallest absolute Gasteiger partial charge is 0.317 e. The molecule has 0 aromatic carbocycles. The first-order valence-electron chi connectivity index (χ1n) is 3.52. The molecule has 1 aliphatic heterocycles. The highest BCUT2D eigenvalue weighted by atomic mass is 32.2. The van der Waals surface area contributed by atoms with E-state index in [1.807, 2.05) is 0 Å². The topological polar surface area (TPSA) is 43.4 Å². The molecule has 1 atom stereocenters. The van der Waals surface area contributed by atoms with Crippen molar-refractivity contribution in [1.82, 2.24) is 0 Å². The lowest BCUT2D eigenvalue weighted by atomic mass is 10.1. The molecule has 1 rings (SSSR count). The molecule has 0 aromatic heterocycles. The number of rotatable bonds is 2. The molecule has 0 spiro atoms. The van der Waals surface area contributed by atoms with E-state index in [2.05, 4.69) is 0 Å². The van der Waals surface area contributed by atoms with E-state index in [0.29, 0.717) is 18.1 Å². The van der Waals surface area contributed by atoms with Crippen LogP contribution in [0.4, 0.5) is 0 Å². The lowest BCUT2D eigenvalue weighted by Gasteiger charge is -2.04. The standard InChI is InChI=1S/C7H10O3S/c1-2-10-7(9)5-3-11-4-6(5)8/h5H,2-4H2,1H3/t5-/m1/s1. The zero-order valence-electron chi connectivity index (χ0n) is 6.33. The van der Waals surface area contributed by atoms with Gasteiger partial charge in [-0.25, -0.2) is 0 Å². The minimum atomic E-state index is -0.486. The summed E-state index contributed by atoms with van der Waals surface area (Å²) in [5, 5.41) is 0. The first-order chi connectivity index (χ1) is 5.25. The average molecular weight is 174 g/mol. The molecule has 0 bridgehead atoms. The Morgan fingerprint density at radius 3 is 3.00 bits per heavy atom. The van der Waals surface area contributed by atoms with Crippen molar-refractivity contribution >= 4 is 23.5 Å². The SMILES string of the molecule is CCOC(=O)[C@@H]1CSCC1=O. The Bertz CT molecular complexity index is 179. The van der Waals surface area contributed by atoms with Crippen LogP contribution in [0.1, 0.15) is 6.92 Å². The summed E-state index contributed by atoms with van der Waals surface area (Å²) in [4.78, 5) is 22.0. The molecular formula is C7H10O3S. The van der Waals surface area contributed by atoms with Crippen molar-refractivity contribution in [2.75, 3.05) is 18.1 Å². The molecule has 0 N–H and O–H groups in total. The van der Waals surface area contributed by atoms with Gasteiger partial charge in [0.25, 0.3) is 0 Å². The second kappa shape index (κ2) is 3.76. The fraction of sp³-hybridized carbons (Fsp3) is 0.714. The summed E-state index contributed by atoms with van der Waals surface area (Å²) in [7, 11) is 0.